The Labute approximate surface area is 87.8 Å². The zero-order valence-electron chi connectivity index (χ0n) is 7.67. The molecule has 0 nitrogen and oxygen atoms in total. The van der Waals surface area contributed by atoms with E-state index < -0.39 is 14.1 Å². The van der Waals surface area contributed by atoms with E-state index in [2.05, 4.69) is 54.0 Å². The van der Waals surface area contributed by atoms with Crippen LogP contribution in [-0.2, 0) is 0 Å². The van der Waals surface area contributed by atoms with Gasteiger partial charge in [-0.15, -0.1) is 0 Å². The fourth-order valence-electron chi connectivity index (χ4n) is 1.00. The summed E-state index contributed by atoms with van der Waals surface area (Å²) in [7, 11) is 0. The van der Waals surface area contributed by atoms with Gasteiger partial charge in [-0.05, 0) is 0 Å². The average Bonchev–Trinajstić information content (AvgIpc) is 1.86. The Morgan fingerprint density at radius 1 is 0.750 bits per heavy atom. The molecule has 0 rings (SSSR count). The zero-order chi connectivity index (χ0) is 9.69. The summed E-state index contributed by atoms with van der Waals surface area (Å²) in [4.78, 5) is 0. The van der Waals surface area contributed by atoms with Crippen molar-refractivity contribution in [2.75, 3.05) is 0 Å². The molecular weight excluding hydrogens is 477 g/mol. The van der Waals surface area contributed by atoms with Crippen molar-refractivity contribution in [1.29, 1.82) is 0 Å². The van der Waals surface area contributed by atoms with E-state index in [9.17, 15) is 0 Å². The second-order valence-electron chi connectivity index (χ2n) is 2.54. The van der Waals surface area contributed by atoms with Crippen molar-refractivity contribution in [3.63, 3.8) is 0 Å². The molecule has 0 amide bonds. The Balaban J connectivity index is 5.06. The van der Waals surface area contributed by atoms with Crippen LogP contribution < -0.4 is 0 Å². The van der Waals surface area contributed by atoms with Crippen LogP contribution in [0.5, 0.6) is 0 Å². The molecule has 12 heavy (non-hydrogen) atoms. The predicted octanol–water partition coefficient (Wildman–Crippen LogP) is 4.52. The topological polar surface area (TPSA) is 0 Å². The van der Waals surface area contributed by atoms with E-state index in [4.69, 9.17) is 0 Å². The molecule has 0 radical (unpaired) electrons. The standard InChI is InChI=1S/3C3H5.Bi.2BrH/c3*1-3-2;;;/h3*1,3H,2H3;;2*1H/q;;;+2;;/p-2. The van der Waals surface area contributed by atoms with E-state index in [0.29, 0.717) is 0 Å². The Hall–Kier alpha value is 1.06. The fraction of sp³-hybridized carbons (Fsp3) is 0.333. The van der Waals surface area contributed by atoms with Crippen molar-refractivity contribution in [2.24, 2.45) is 0 Å². The third kappa shape index (κ3) is 4.34. The summed E-state index contributed by atoms with van der Waals surface area (Å²) < 4.78 is 6.77. The van der Waals surface area contributed by atoms with Crippen LogP contribution in [-0.4, -0.2) is 14.1 Å². The summed E-state index contributed by atoms with van der Waals surface area (Å²) >= 11 is 4.63. The first-order valence-electron chi connectivity index (χ1n) is 3.84. The first-order chi connectivity index (χ1) is 5.46. The van der Waals surface area contributed by atoms with Gasteiger partial charge in [-0.1, -0.05) is 0 Å². The molecule has 0 aliphatic rings. The average molecular weight is 492 g/mol. The second-order valence-corrected chi connectivity index (χ2v) is 50.7. The predicted molar refractivity (Wildman–Crippen MR) is 68.1 cm³/mol. The van der Waals surface area contributed by atoms with Gasteiger partial charge in [0.2, 0.25) is 0 Å². The molecule has 0 heterocycles. The third-order valence-electron chi connectivity index (χ3n) is 1.30. The molecule has 0 unspecified atom stereocenters. The quantitative estimate of drug-likeness (QED) is 0.509. The van der Waals surface area contributed by atoms with Crippen molar-refractivity contribution >= 4 is 38.5 Å². The van der Waals surface area contributed by atoms with Gasteiger partial charge in [0.05, 0.1) is 0 Å². The SMILES string of the molecule is C/C=[CH]/[Bi]([Br])([Br])(/[CH]=C/C)/[CH]=C/C. The van der Waals surface area contributed by atoms with E-state index in [-0.39, 0.29) is 0 Å². The summed E-state index contributed by atoms with van der Waals surface area (Å²) in [5, 5.41) is 0. The van der Waals surface area contributed by atoms with Gasteiger partial charge in [-0.2, -0.15) is 0 Å². The van der Waals surface area contributed by atoms with E-state index in [1.54, 1.807) is 0 Å². The summed E-state index contributed by atoms with van der Waals surface area (Å²) in [6, 6.07) is 0. The van der Waals surface area contributed by atoms with Crippen LogP contribution in [0.4, 0.5) is 0 Å². The van der Waals surface area contributed by atoms with E-state index in [0.717, 1.165) is 0 Å². The Kier molecular flexibility index (Phi) is 5.52. The number of allylic oxidation sites excluding steroid dienone is 3. The van der Waals surface area contributed by atoms with Gasteiger partial charge in [0, 0.05) is 0 Å². The Morgan fingerprint density at radius 2 is 1.00 bits per heavy atom. The van der Waals surface area contributed by atoms with E-state index in [1.807, 2.05) is 20.8 Å². The molecule has 0 bridgehead atoms. The van der Waals surface area contributed by atoms with Gasteiger partial charge in [0.1, 0.15) is 0 Å². The molecule has 0 fully saturated rings. The summed E-state index contributed by atoms with van der Waals surface area (Å²) in [5.74, 6) is 0. The van der Waals surface area contributed by atoms with E-state index >= 15 is 0 Å². The molecule has 0 aromatic carbocycles. The first-order valence-corrected chi connectivity index (χ1v) is 24.9. The third-order valence-corrected chi connectivity index (χ3v) is 23.9. The Morgan fingerprint density at radius 3 is 1.17 bits per heavy atom. The molecule has 0 aliphatic heterocycles. The van der Waals surface area contributed by atoms with Gasteiger partial charge in [-0.25, -0.2) is 0 Å². The molecule has 0 spiro atoms. The van der Waals surface area contributed by atoms with Crippen molar-refractivity contribution in [1.82, 2.24) is 0 Å². The molecule has 0 saturated heterocycles. The summed E-state index contributed by atoms with van der Waals surface area (Å²) in [6.07, 6.45) is 6.28. The molecule has 0 atom stereocenters. The van der Waals surface area contributed by atoms with Gasteiger partial charge in [0.15, 0.2) is 0 Å². The van der Waals surface area contributed by atoms with Gasteiger partial charge >= 0.3 is 88.9 Å². The second kappa shape index (κ2) is 5.07. The van der Waals surface area contributed by atoms with Crippen LogP contribution >= 0.6 is 24.4 Å². The molecule has 3 heteroatoms. The van der Waals surface area contributed by atoms with Crippen LogP contribution in [0.15, 0.2) is 29.6 Å². The van der Waals surface area contributed by atoms with E-state index in [1.165, 1.54) is 0 Å². The maximum atomic E-state index is 3.84. The van der Waals surface area contributed by atoms with Crippen LogP contribution in [0.25, 0.3) is 0 Å². The number of hydrogen-bond acceptors (Lipinski definition) is 0. The maximum absolute atomic E-state index is 3.84. The summed E-state index contributed by atoms with van der Waals surface area (Å²) in [6.45, 7) is 6.14. The van der Waals surface area contributed by atoms with Crippen LogP contribution in [0.3, 0.4) is 0 Å². The molecular formula is C9H15BiBr2. The minimum atomic E-state index is -3.05. The van der Waals surface area contributed by atoms with Gasteiger partial charge in [-0.3, -0.25) is 0 Å². The fourth-order valence-corrected chi connectivity index (χ4v) is 21.3. The zero-order valence-corrected chi connectivity index (χ0v) is 14.3. The molecule has 0 saturated carbocycles. The molecule has 0 aromatic heterocycles. The summed E-state index contributed by atoms with van der Waals surface area (Å²) in [5.41, 5.74) is 0. The molecule has 70 valence electrons. The monoisotopic (exact) mass is 490 g/mol. The van der Waals surface area contributed by atoms with Gasteiger partial charge in [0.25, 0.3) is 0 Å². The number of halogens is 2. The van der Waals surface area contributed by atoms with Crippen molar-refractivity contribution in [3.8, 4) is 0 Å². The van der Waals surface area contributed by atoms with Crippen LogP contribution in [0.2, 0.25) is 0 Å². The van der Waals surface area contributed by atoms with Crippen molar-refractivity contribution in [3.05, 3.63) is 29.6 Å². The van der Waals surface area contributed by atoms with Crippen LogP contribution in [0, 0.1) is 0 Å². The number of rotatable bonds is 3. The number of hydrogen-bond donors (Lipinski definition) is 0. The van der Waals surface area contributed by atoms with Gasteiger partial charge < -0.3 is 0 Å². The normalized spacial score (nSPS) is 17.6. The molecule has 0 aromatic rings. The van der Waals surface area contributed by atoms with Crippen molar-refractivity contribution in [2.45, 2.75) is 20.8 Å². The van der Waals surface area contributed by atoms with Crippen molar-refractivity contribution < 1.29 is 0 Å². The first kappa shape index (κ1) is 13.1. The Bertz CT molecular complexity index is 189. The minimum absolute atomic E-state index is 2.05. The molecule has 0 aliphatic carbocycles. The van der Waals surface area contributed by atoms with Crippen LogP contribution in [0.1, 0.15) is 20.8 Å². The molecule has 0 N–H and O–H groups in total.